The molecule has 0 bridgehead atoms. The topological polar surface area (TPSA) is 15.3 Å². The molecule has 1 N–H and O–H groups in total. The normalized spacial score (nSPS) is 32.2. The Morgan fingerprint density at radius 3 is 2.92 bits per heavy atom. The van der Waals surface area contributed by atoms with Crippen LogP contribution in [0.15, 0.2) is 0 Å². The van der Waals surface area contributed by atoms with Crippen LogP contribution < -0.4 is 5.32 Å². The first-order valence-electron chi connectivity index (χ1n) is 5.37. The molecule has 1 aliphatic carbocycles. The Kier molecular flexibility index (Phi) is 2.66. The van der Waals surface area contributed by atoms with Crippen LogP contribution in [-0.4, -0.2) is 36.6 Å². The van der Waals surface area contributed by atoms with E-state index >= 15 is 0 Å². The number of hydrogen-bond donors (Lipinski definition) is 1. The molecule has 2 rings (SSSR count). The summed E-state index contributed by atoms with van der Waals surface area (Å²) in [6.07, 6.45) is 5.58. The lowest BCUT2D eigenvalue weighted by Gasteiger charge is -2.33. The van der Waals surface area contributed by atoms with Crippen LogP contribution in [-0.2, 0) is 0 Å². The smallest absolute Gasteiger partial charge is 0.0195 e. The Morgan fingerprint density at radius 2 is 2.25 bits per heavy atom. The Labute approximate surface area is 75.3 Å². The van der Waals surface area contributed by atoms with Gasteiger partial charge in [0.05, 0.1) is 0 Å². The van der Waals surface area contributed by atoms with Gasteiger partial charge < -0.3 is 5.32 Å². The maximum absolute atomic E-state index is 3.59. The average molecular weight is 168 g/mol. The fourth-order valence-corrected chi connectivity index (χ4v) is 2.16. The van der Waals surface area contributed by atoms with E-state index in [1.807, 2.05) is 0 Å². The first kappa shape index (κ1) is 8.52. The van der Waals surface area contributed by atoms with Crippen LogP contribution in [0.5, 0.6) is 0 Å². The van der Waals surface area contributed by atoms with Crippen molar-refractivity contribution in [2.45, 2.75) is 44.7 Å². The minimum atomic E-state index is 0.782. The summed E-state index contributed by atoms with van der Waals surface area (Å²) in [6, 6.07) is 1.75. The summed E-state index contributed by atoms with van der Waals surface area (Å²) in [5, 5.41) is 3.59. The van der Waals surface area contributed by atoms with Crippen molar-refractivity contribution >= 4 is 0 Å². The van der Waals surface area contributed by atoms with Gasteiger partial charge in [0.2, 0.25) is 0 Å². The van der Waals surface area contributed by atoms with E-state index in [4.69, 9.17) is 0 Å². The quantitative estimate of drug-likeness (QED) is 0.681. The molecule has 0 aromatic rings. The largest absolute Gasteiger partial charge is 0.311 e. The number of nitrogens with zero attached hydrogens (tertiary/aromatic N) is 1. The van der Waals surface area contributed by atoms with E-state index in [9.17, 15) is 0 Å². The molecule has 2 aliphatic rings. The van der Waals surface area contributed by atoms with Gasteiger partial charge in [-0.05, 0) is 19.3 Å². The number of rotatable bonds is 3. The van der Waals surface area contributed by atoms with Crippen molar-refractivity contribution in [1.82, 2.24) is 10.2 Å². The van der Waals surface area contributed by atoms with Gasteiger partial charge in [0.25, 0.3) is 0 Å². The zero-order valence-corrected chi connectivity index (χ0v) is 8.05. The maximum Gasteiger partial charge on any atom is 0.0195 e. The molecule has 0 aromatic heterocycles. The highest BCUT2D eigenvalue weighted by Gasteiger charge is 2.31. The monoisotopic (exact) mass is 168 g/mol. The highest BCUT2D eigenvalue weighted by atomic mass is 15.2. The van der Waals surface area contributed by atoms with Gasteiger partial charge in [-0.15, -0.1) is 0 Å². The molecule has 1 heterocycles. The van der Waals surface area contributed by atoms with Crippen molar-refractivity contribution in [3.05, 3.63) is 0 Å². The Balaban J connectivity index is 1.77. The highest BCUT2D eigenvalue weighted by Crippen LogP contribution is 2.27. The molecule has 1 saturated heterocycles. The molecule has 0 amide bonds. The Hall–Kier alpha value is -0.0800. The SMILES string of the molecule is CCCC1CN(C2CC2)CCN1. The van der Waals surface area contributed by atoms with E-state index < -0.39 is 0 Å². The molecule has 0 spiro atoms. The van der Waals surface area contributed by atoms with Crippen LogP contribution in [0.1, 0.15) is 32.6 Å². The van der Waals surface area contributed by atoms with Gasteiger partial charge in [0.15, 0.2) is 0 Å². The molecule has 2 fully saturated rings. The fraction of sp³-hybridized carbons (Fsp3) is 1.00. The van der Waals surface area contributed by atoms with Gasteiger partial charge in [-0.1, -0.05) is 13.3 Å². The average Bonchev–Trinajstić information content (AvgIpc) is 2.88. The van der Waals surface area contributed by atoms with Gasteiger partial charge in [-0.25, -0.2) is 0 Å². The summed E-state index contributed by atoms with van der Waals surface area (Å²) >= 11 is 0. The molecule has 1 unspecified atom stereocenters. The summed E-state index contributed by atoms with van der Waals surface area (Å²) in [5.41, 5.74) is 0. The minimum Gasteiger partial charge on any atom is -0.311 e. The van der Waals surface area contributed by atoms with Gasteiger partial charge in [0.1, 0.15) is 0 Å². The Morgan fingerprint density at radius 1 is 1.42 bits per heavy atom. The number of piperazine rings is 1. The number of nitrogens with one attached hydrogen (secondary N) is 1. The van der Waals surface area contributed by atoms with E-state index in [2.05, 4.69) is 17.1 Å². The molecule has 1 atom stereocenters. The summed E-state index contributed by atoms with van der Waals surface area (Å²) in [6.45, 7) is 6.07. The molecule has 0 radical (unpaired) electrons. The second kappa shape index (κ2) is 3.75. The second-order valence-electron chi connectivity index (χ2n) is 4.17. The first-order valence-corrected chi connectivity index (χ1v) is 5.37. The molecule has 1 aliphatic heterocycles. The summed E-state index contributed by atoms with van der Waals surface area (Å²) in [4.78, 5) is 2.68. The zero-order chi connectivity index (χ0) is 8.39. The third-order valence-electron chi connectivity index (χ3n) is 2.99. The van der Waals surface area contributed by atoms with Crippen molar-refractivity contribution in [3.8, 4) is 0 Å². The summed E-state index contributed by atoms with van der Waals surface area (Å²) in [7, 11) is 0. The van der Waals surface area contributed by atoms with Crippen molar-refractivity contribution in [2.75, 3.05) is 19.6 Å². The third-order valence-corrected chi connectivity index (χ3v) is 2.99. The van der Waals surface area contributed by atoms with Crippen LogP contribution in [0.4, 0.5) is 0 Å². The first-order chi connectivity index (χ1) is 5.90. The van der Waals surface area contributed by atoms with Crippen molar-refractivity contribution < 1.29 is 0 Å². The third kappa shape index (κ3) is 1.99. The molecule has 1 saturated carbocycles. The fourth-order valence-electron chi connectivity index (χ4n) is 2.16. The van der Waals surface area contributed by atoms with Crippen LogP contribution >= 0.6 is 0 Å². The summed E-state index contributed by atoms with van der Waals surface area (Å²) < 4.78 is 0. The van der Waals surface area contributed by atoms with E-state index in [-0.39, 0.29) is 0 Å². The molecule has 2 heteroatoms. The lowest BCUT2D eigenvalue weighted by atomic mass is 10.1. The molecular weight excluding hydrogens is 148 g/mol. The Bertz CT molecular complexity index is 141. The highest BCUT2D eigenvalue weighted by molar-refractivity contribution is 4.89. The lowest BCUT2D eigenvalue weighted by Crippen LogP contribution is -2.51. The number of hydrogen-bond acceptors (Lipinski definition) is 2. The molecule has 70 valence electrons. The van der Waals surface area contributed by atoms with Gasteiger partial charge in [-0.2, -0.15) is 0 Å². The van der Waals surface area contributed by atoms with Gasteiger partial charge >= 0.3 is 0 Å². The maximum atomic E-state index is 3.59. The predicted octanol–water partition coefficient (Wildman–Crippen LogP) is 1.22. The predicted molar refractivity (Wildman–Crippen MR) is 51.3 cm³/mol. The lowest BCUT2D eigenvalue weighted by molar-refractivity contribution is 0.186. The van der Waals surface area contributed by atoms with E-state index in [1.54, 1.807) is 0 Å². The van der Waals surface area contributed by atoms with Crippen molar-refractivity contribution in [3.63, 3.8) is 0 Å². The second-order valence-corrected chi connectivity index (χ2v) is 4.17. The van der Waals surface area contributed by atoms with Crippen molar-refractivity contribution in [1.29, 1.82) is 0 Å². The molecular formula is C10H20N2. The van der Waals surface area contributed by atoms with E-state index in [1.165, 1.54) is 45.3 Å². The van der Waals surface area contributed by atoms with Crippen molar-refractivity contribution in [2.24, 2.45) is 0 Å². The standard InChI is InChI=1S/C10H20N2/c1-2-3-9-8-12(7-6-11-9)10-4-5-10/h9-11H,2-8H2,1H3. The van der Waals surface area contributed by atoms with Crippen LogP contribution in [0.2, 0.25) is 0 Å². The molecule has 0 aromatic carbocycles. The van der Waals surface area contributed by atoms with Gasteiger partial charge in [0, 0.05) is 31.7 Å². The van der Waals surface area contributed by atoms with Crippen LogP contribution in [0.3, 0.4) is 0 Å². The van der Waals surface area contributed by atoms with Crippen LogP contribution in [0, 0.1) is 0 Å². The zero-order valence-electron chi connectivity index (χ0n) is 8.05. The summed E-state index contributed by atoms with van der Waals surface area (Å²) in [5.74, 6) is 0. The van der Waals surface area contributed by atoms with E-state index in [0.29, 0.717) is 0 Å². The minimum absolute atomic E-state index is 0.782. The van der Waals surface area contributed by atoms with Crippen LogP contribution in [0.25, 0.3) is 0 Å². The van der Waals surface area contributed by atoms with Gasteiger partial charge in [-0.3, -0.25) is 4.90 Å². The van der Waals surface area contributed by atoms with E-state index in [0.717, 1.165) is 12.1 Å². The molecule has 2 nitrogen and oxygen atoms in total. The molecule has 12 heavy (non-hydrogen) atoms.